The van der Waals surface area contributed by atoms with E-state index in [4.69, 9.17) is 5.11 Å². The zero-order valence-corrected chi connectivity index (χ0v) is 10.3. The zero-order valence-electron chi connectivity index (χ0n) is 10.3. The molecule has 0 aliphatic rings. The van der Waals surface area contributed by atoms with Crippen molar-refractivity contribution >= 4 is 5.97 Å². The molecule has 0 aliphatic carbocycles. The highest BCUT2D eigenvalue weighted by molar-refractivity contribution is 5.66. The topological polar surface area (TPSA) is 60.8 Å². The Labute approximate surface area is 101 Å². The highest BCUT2D eigenvalue weighted by atomic mass is 16.4. The van der Waals surface area contributed by atoms with Gasteiger partial charge in [0.05, 0.1) is 6.42 Å². The molecule has 17 heavy (non-hydrogen) atoms. The summed E-state index contributed by atoms with van der Waals surface area (Å²) >= 11 is 0. The predicted molar refractivity (Wildman–Crippen MR) is 66.0 cm³/mol. The molecule has 4 nitrogen and oxygen atoms in total. The van der Waals surface area contributed by atoms with Crippen molar-refractivity contribution in [3.8, 4) is 5.75 Å². The van der Waals surface area contributed by atoms with Crippen molar-refractivity contribution in [3.63, 3.8) is 0 Å². The number of rotatable bonds is 6. The van der Waals surface area contributed by atoms with Gasteiger partial charge >= 0.3 is 5.97 Å². The summed E-state index contributed by atoms with van der Waals surface area (Å²) in [5, 5.41) is 18.1. The molecule has 0 unspecified atom stereocenters. The molecular formula is C13H19NO3. The number of carboxylic acid groups (broad SMARTS) is 1. The molecule has 1 rings (SSSR count). The molecule has 0 aromatic heterocycles. The monoisotopic (exact) mass is 237 g/mol. The van der Waals surface area contributed by atoms with E-state index in [0.29, 0.717) is 6.54 Å². The predicted octanol–water partition coefficient (Wildman–Crippen LogP) is 2.25. The van der Waals surface area contributed by atoms with Crippen LogP contribution in [0.3, 0.4) is 0 Å². The van der Waals surface area contributed by atoms with E-state index in [-0.39, 0.29) is 18.2 Å². The number of hydrogen-bond donors (Lipinski definition) is 2. The molecule has 94 valence electrons. The fourth-order valence-electron chi connectivity index (χ4n) is 1.86. The van der Waals surface area contributed by atoms with Crippen LogP contribution in [0.2, 0.25) is 0 Å². The van der Waals surface area contributed by atoms with Crippen molar-refractivity contribution in [3.05, 3.63) is 29.8 Å². The van der Waals surface area contributed by atoms with Crippen LogP contribution in [0.25, 0.3) is 0 Å². The highest BCUT2D eigenvalue weighted by Gasteiger charge is 2.15. The summed E-state index contributed by atoms with van der Waals surface area (Å²) in [4.78, 5) is 12.6. The maximum Gasteiger partial charge on any atom is 0.304 e. The molecule has 0 spiro atoms. The molecule has 0 heterocycles. The van der Waals surface area contributed by atoms with Crippen molar-refractivity contribution in [1.82, 2.24) is 4.90 Å². The highest BCUT2D eigenvalue weighted by Crippen LogP contribution is 2.23. The molecule has 1 aromatic carbocycles. The van der Waals surface area contributed by atoms with Crippen LogP contribution in [0.5, 0.6) is 5.75 Å². The van der Waals surface area contributed by atoms with Gasteiger partial charge in [0, 0.05) is 12.6 Å². The Kier molecular flexibility index (Phi) is 4.97. The van der Waals surface area contributed by atoms with Crippen molar-refractivity contribution < 1.29 is 15.0 Å². The maximum atomic E-state index is 10.6. The van der Waals surface area contributed by atoms with E-state index in [1.165, 1.54) is 0 Å². The molecule has 0 saturated heterocycles. The van der Waals surface area contributed by atoms with Gasteiger partial charge < -0.3 is 10.2 Å². The number of carboxylic acids is 1. The van der Waals surface area contributed by atoms with Gasteiger partial charge in [-0.3, -0.25) is 9.69 Å². The average Bonchev–Trinajstić information content (AvgIpc) is 2.29. The fourth-order valence-corrected chi connectivity index (χ4v) is 1.86. The summed E-state index contributed by atoms with van der Waals surface area (Å²) in [5.74, 6) is -0.546. The lowest BCUT2D eigenvalue weighted by Gasteiger charge is -2.27. The Morgan fingerprint density at radius 1 is 1.47 bits per heavy atom. The van der Waals surface area contributed by atoms with E-state index in [1.54, 1.807) is 18.2 Å². The molecule has 0 amide bonds. The van der Waals surface area contributed by atoms with Crippen LogP contribution < -0.4 is 0 Å². The van der Waals surface area contributed by atoms with E-state index in [2.05, 4.69) is 4.90 Å². The summed E-state index contributed by atoms with van der Waals surface area (Å²) in [6, 6.07) is 7.18. The van der Waals surface area contributed by atoms with Gasteiger partial charge in [0.2, 0.25) is 0 Å². The molecule has 0 bridgehead atoms. The first kappa shape index (κ1) is 13.5. The van der Waals surface area contributed by atoms with E-state index in [9.17, 15) is 9.90 Å². The first-order valence-corrected chi connectivity index (χ1v) is 5.79. The fraction of sp³-hybridized carbons (Fsp3) is 0.462. The van der Waals surface area contributed by atoms with Gasteiger partial charge in [-0.2, -0.15) is 0 Å². The van der Waals surface area contributed by atoms with Gasteiger partial charge in [0.25, 0.3) is 0 Å². The lowest BCUT2D eigenvalue weighted by Crippen LogP contribution is -2.29. The third-order valence-electron chi connectivity index (χ3n) is 2.92. The van der Waals surface area contributed by atoms with Crippen LogP contribution >= 0.6 is 0 Å². The minimum Gasteiger partial charge on any atom is -0.508 e. The Morgan fingerprint density at radius 3 is 2.71 bits per heavy atom. The average molecular weight is 237 g/mol. The van der Waals surface area contributed by atoms with E-state index >= 15 is 0 Å². The van der Waals surface area contributed by atoms with Gasteiger partial charge in [0.15, 0.2) is 0 Å². The normalized spacial score (nSPS) is 12.6. The second-order valence-electron chi connectivity index (χ2n) is 4.04. The number of aromatic hydroxyl groups is 1. The number of nitrogens with zero attached hydrogens (tertiary/aromatic N) is 1. The van der Waals surface area contributed by atoms with Crippen molar-refractivity contribution in [2.75, 3.05) is 13.1 Å². The summed E-state index contributed by atoms with van der Waals surface area (Å²) in [7, 11) is 0. The lowest BCUT2D eigenvalue weighted by molar-refractivity contribution is -0.137. The number of hydrogen-bond acceptors (Lipinski definition) is 3. The quantitative estimate of drug-likeness (QED) is 0.796. The molecule has 0 saturated carbocycles. The third kappa shape index (κ3) is 4.07. The largest absolute Gasteiger partial charge is 0.508 e. The number of carbonyl (C=O) groups is 1. The molecule has 0 fully saturated rings. The molecule has 1 aromatic rings. The zero-order chi connectivity index (χ0) is 12.8. The molecule has 1 atom stereocenters. The smallest absolute Gasteiger partial charge is 0.304 e. The summed E-state index contributed by atoms with van der Waals surface area (Å²) in [5.41, 5.74) is 0.997. The minimum absolute atomic E-state index is 0.103. The van der Waals surface area contributed by atoms with Crippen LogP contribution in [-0.2, 0) is 4.79 Å². The Bertz CT molecular complexity index is 379. The van der Waals surface area contributed by atoms with Crippen molar-refractivity contribution in [1.29, 1.82) is 0 Å². The Morgan fingerprint density at radius 2 is 2.18 bits per heavy atom. The van der Waals surface area contributed by atoms with Gasteiger partial charge in [-0.15, -0.1) is 0 Å². The summed E-state index contributed by atoms with van der Waals surface area (Å²) < 4.78 is 0. The molecular weight excluding hydrogens is 218 g/mol. The Hall–Kier alpha value is -1.55. The standard InChI is InChI=1S/C13H19NO3/c1-3-14(8-7-13(16)17)10(2)11-5-4-6-12(15)9-11/h4-6,9-10,15H,3,7-8H2,1-2H3,(H,16,17)/t10-/m1/s1. The van der Waals surface area contributed by atoms with Crippen LogP contribution in [0, 0.1) is 0 Å². The summed E-state index contributed by atoms with van der Waals surface area (Å²) in [6.07, 6.45) is 0.136. The summed E-state index contributed by atoms with van der Waals surface area (Å²) in [6.45, 7) is 5.31. The minimum atomic E-state index is -0.786. The number of aliphatic carboxylic acids is 1. The lowest BCUT2D eigenvalue weighted by atomic mass is 10.1. The first-order chi connectivity index (χ1) is 8.04. The Balaban J connectivity index is 2.71. The van der Waals surface area contributed by atoms with Crippen molar-refractivity contribution in [2.45, 2.75) is 26.3 Å². The number of benzene rings is 1. The van der Waals surface area contributed by atoms with Crippen molar-refractivity contribution in [2.24, 2.45) is 0 Å². The SMILES string of the molecule is CCN(CCC(=O)O)[C@H](C)c1cccc(O)c1. The van der Waals surface area contributed by atoms with Crippen LogP contribution in [0.4, 0.5) is 0 Å². The van der Waals surface area contributed by atoms with E-state index in [0.717, 1.165) is 12.1 Å². The van der Waals surface area contributed by atoms with Gasteiger partial charge in [-0.1, -0.05) is 19.1 Å². The molecule has 4 heteroatoms. The van der Waals surface area contributed by atoms with Crippen LogP contribution in [0.15, 0.2) is 24.3 Å². The van der Waals surface area contributed by atoms with Gasteiger partial charge in [-0.05, 0) is 31.2 Å². The van der Waals surface area contributed by atoms with E-state index in [1.807, 2.05) is 19.9 Å². The third-order valence-corrected chi connectivity index (χ3v) is 2.92. The van der Waals surface area contributed by atoms with Gasteiger partial charge in [-0.25, -0.2) is 0 Å². The van der Waals surface area contributed by atoms with Crippen LogP contribution in [0.1, 0.15) is 31.9 Å². The molecule has 0 radical (unpaired) electrons. The maximum absolute atomic E-state index is 10.6. The van der Waals surface area contributed by atoms with E-state index < -0.39 is 5.97 Å². The number of phenols is 1. The molecule has 2 N–H and O–H groups in total. The second kappa shape index (κ2) is 6.25. The first-order valence-electron chi connectivity index (χ1n) is 5.79. The van der Waals surface area contributed by atoms with Crippen LogP contribution in [-0.4, -0.2) is 34.2 Å². The van der Waals surface area contributed by atoms with Gasteiger partial charge in [0.1, 0.15) is 5.75 Å². The second-order valence-corrected chi connectivity index (χ2v) is 4.04. The molecule has 0 aliphatic heterocycles. The number of phenolic OH excluding ortho intramolecular Hbond substituents is 1.